The molecule has 1 atom stereocenters. The number of ketones is 1. The van der Waals surface area contributed by atoms with Crippen molar-refractivity contribution in [2.75, 3.05) is 32.8 Å². The topological polar surface area (TPSA) is 107 Å². The van der Waals surface area contributed by atoms with Gasteiger partial charge in [-0.1, -0.05) is 29.9 Å². The Bertz CT molecular complexity index is 1640. The lowest BCUT2D eigenvalue weighted by Gasteiger charge is -2.24. The molecular formula is C30H27ClN2O7S. The molecular weight excluding hydrogens is 568 g/mol. The summed E-state index contributed by atoms with van der Waals surface area (Å²) in [6, 6.07) is 14.1. The highest BCUT2D eigenvalue weighted by atomic mass is 35.5. The van der Waals surface area contributed by atoms with Crippen molar-refractivity contribution in [3.63, 3.8) is 0 Å². The minimum Gasteiger partial charge on any atom is -0.507 e. The van der Waals surface area contributed by atoms with E-state index in [1.807, 2.05) is 6.92 Å². The van der Waals surface area contributed by atoms with Crippen LogP contribution in [0, 0.1) is 0 Å². The van der Waals surface area contributed by atoms with Crippen LogP contribution < -0.4 is 23.8 Å². The predicted octanol–water partition coefficient (Wildman–Crippen LogP) is 6.39. The van der Waals surface area contributed by atoms with E-state index in [0.717, 1.165) is 11.1 Å². The number of aromatic nitrogens is 1. The number of hydrogen-bond donors (Lipinski definition) is 1. The quantitative estimate of drug-likeness (QED) is 0.135. The lowest BCUT2D eigenvalue weighted by atomic mass is 9.94. The van der Waals surface area contributed by atoms with Gasteiger partial charge in [0.25, 0.3) is 5.78 Å². The second kappa shape index (κ2) is 11.7. The van der Waals surface area contributed by atoms with Gasteiger partial charge in [0.05, 0.1) is 49.8 Å². The van der Waals surface area contributed by atoms with Gasteiger partial charge in [-0.05, 0) is 66.6 Å². The number of fused-ring (bicyclic) bond motifs is 1. The highest BCUT2D eigenvalue weighted by Gasteiger charge is 2.48. The Balaban J connectivity index is 1.72. The van der Waals surface area contributed by atoms with E-state index in [2.05, 4.69) is 4.98 Å². The summed E-state index contributed by atoms with van der Waals surface area (Å²) in [6.07, 6.45) is 0.845. The summed E-state index contributed by atoms with van der Waals surface area (Å²) in [5, 5.41) is 12.3. The van der Waals surface area contributed by atoms with Crippen LogP contribution in [0.4, 0.5) is 5.13 Å². The van der Waals surface area contributed by atoms with Crippen molar-refractivity contribution < 1.29 is 33.6 Å². The molecule has 0 spiro atoms. The Morgan fingerprint density at radius 2 is 1.68 bits per heavy atom. The molecule has 1 unspecified atom stereocenters. The van der Waals surface area contributed by atoms with Gasteiger partial charge in [0.2, 0.25) is 5.75 Å². The Labute approximate surface area is 245 Å². The molecule has 3 aromatic carbocycles. The Kier molecular flexibility index (Phi) is 8.05. The maximum absolute atomic E-state index is 13.6. The molecule has 1 N–H and O–H groups in total. The second-order valence-corrected chi connectivity index (χ2v) is 10.6. The fraction of sp³-hybridized carbons (Fsp3) is 0.233. The first-order chi connectivity index (χ1) is 19.8. The van der Waals surface area contributed by atoms with Crippen LogP contribution in [0.2, 0.25) is 5.02 Å². The van der Waals surface area contributed by atoms with Gasteiger partial charge in [0.15, 0.2) is 16.6 Å². The van der Waals surface area contributed by atoms with Crippen LogP contribution in [0.3, 0.4) is 0 Å². The third-order valence-corrected chi connectivity index (χ3v) is 7.85. The van der Waals surface area contributed by atoms with Crippen molar-refractivity contribution in [2.24, 2.45) is 0 Å². The van der Waals surface area contributed by atoms with Gasteiger partial charge < -0.3 is 24.1 Å². The number of rotatable bonds is 9. The monoisotopic (exact) mass is 594 g/mol. The largest absolute Gasteiger partial charge is 0.507 e. The zero-order valence-electron chi connectivity index (χ0n) is 22.8. The Hall–Kier alpha value is -4.28. The molecule has 0 saturated carbocycles. The van der Waals surface area contributed by atoms with Crippen molar-refractivity contribution in [1.29, 1.82) is 0 Å². The van der Waals surface area contributed by atoms with Crippen LogP contribution in [-0.4, -0.2) is 49.7 Å². The number of benzene rings is 3. The second-order valence-electron chi connectivity index (χ2n) is 9.11. The summed E-state index contributed by atoms with van der Waals surface area (Å²) in [4.78, 5) is 33.2. The summed E-state index contributed by atoms with van der Waals surface area (Å²) in [5.41, 5.74) is 1.30. The SMILES string of the molecule is CCCOc1ccc(/C(O)=C2\C(=O)C(=O)N(c3nc4ccc(Cl)cc4s3)C2c2cc(OC)c(OC)c(OC)c2)cc1. The third kappa shape index (κ3) is 5.16. The number of hydrogen-bond acceptors (Lipinski definition) is 9. The summed E-state index contributed by atoms with van der Waals surface area (Å²) in [6.45, 7) is 2.55. The number of ether oxygens (including phenoxy) is 4. The smallest absolute Gasteiger partial charge is 0.301 e. The molecule has 4 aromatic rings. The van der Waals surface area contributed by atoms with Crippen molar-refractivity contribution in [3.8, 4) is 23.0 Å². The molecule has 212 valence electrons. The van der Waals surface area contributed by atoms with Gasteiger partial charge in [-0.3, -0.25) is 14.5 Å². The predicted molar refractivity (Wildman–Crippen MR) is 158 cm³/mol. The maximum atomic E-state index is 13.6. The van der Waals surface area contributed by atoms with Gasteiger partial charge in [-0.2, -0.15) is 0 Å². The van der Waals surface area contributed by atoms with E-state index in [1.54, 1.807) is 54.6 Å². The van der Waals surface area contributed by atoms with E-state index in [1.165, 1.54) is 37.6 Å². The molecule has 1 aromatic heterocycles. The van der Waals surface area contributed by atoms with Crippen molar-refractivity contribution in [3.05, 3.63) is 76.3 Å². The van der Waals surface area contributed by atoms with E-state index in [9.17, 15) is 14.7 Å². The van der Waals surface area contributed by atoms with Crippen LogP contribution in [0.25, 0.3) is 16.0 Å². The molecule has 41 heavy (non-hydrogen) atoms. The highest BCUT2D eigenvalue weighted by molar-refractivity contribution is 7.22. The molecule has 1 saturated heterocycles. The van der Waals surface area contributed by atoms with Gasteiger partial charge in [0.1, 0.15) is 11.5 Å². The molecule has 5 rings (SSSR count). The van der Waals surface area contributed by atoms with E-state index < -0.39 is 17.7 Å². The zero-order chi connectivity index (χ0) is 29.3. The first-order valence-corrected chi connectivity index (χ1v) is 13.9. The van der Waals surface area contributed by atoms with Gasteiger partial charge in [-0.15, -0.1) is 0 Å². The highest BCUT2D eigenvalue weighted by Crippen LogP contribution is 2.48. The summed E-state index contributed by atoms with van der Waals surface area (Å²) in [7, 11) is 4.42. The molecule has 0 bridgehead atoms. The minimum absolute atomic E-state index is 0.108. The fourth-order valence-electron chi connectivity index (χ4n) is 4.68. The van der Waals surface area contributed by atoms with Crippen LogP contribution in [-0.2, 0) is 9.59 Å². The molecule has 0 aliphatic carbocycles. The van der Waals surface area contributed by atoms with Crippen LogP contribution in [0.15, 0.2) is 60.2 Å². The number of carbonyl (C=O) groups excluding carboxylic acids is 2. The summed E-state index contributed by atoms with van der Waals surface area (Å²) in [5.74, 6) is -0.424. The van der Waals surface area contributed by atoms with Gasteiger partial charge in [0, 0.05) is 10.6 Å². The normalized spacial score (nSPS) is 16.3. The minimum atomic E-state index is -1.06. The van der Waals surface area contributed by atoms with Crippen LogP contribution in [0.5, 0.6) is 23.0 Å². The van der Waals surface area contributed by atoms with Crippen molar-refractivity contribution in [2.45, 2.75) is 19.4 Å². The Morgan fingerprint density at radius 3 is 2.29 bits per heavy atom. The number of thiazole rings is 1. The van der Waals surface area contributed by atoms with Crippen LogP contribution >= 0.6 is 22.9 Å². The number of halogens is 1. The number of nitrogens with zero attached hydrogens (tertiary/aromatic N) is 2. The van der Waals surface area contributed by atoms with Gasteiger partial charge >= 0.3 is 5.91 Å². The third-order valence-electron chi connectivity index (χ3n) is 6.59. The summed E-state index contributed by atoms with van der Waals surface area (Å²) >= 11 is 7.40. The molecule has 1 fully saturated rings. The lowest BCUT2D eigenvalue weighted by Crippen LogP contribution is -2.29. The van der Waals surface area contributed by atoms with E-state index >= 15 is 0 Å². The first-order valence-electron chi connectivity index (χ1n) is 12.7. The van der Waals surface area contributed by atoms with Crippen molar-refractivity contribution in [1.82, 2.24) is 4.98 Å². The summed E-state index contributed by atoms with van der Waals surface area (Å²) < 4.78 is 22.9. The van der Waals surface area contributed by atoms with Crippen LogP contribution in [0.1, 0.15) is 30.5 Å². The molecule has 11 heteroatoms. The number of Topliss-reactive ketones (excluding diaryl/α,β-unsaturated/α-hetero) is 1. The number of aliphatic hydroxyl groups excluding tert-OH is 1. The van der Waals surface area contributed by atoms with Crippen molar-refractivity contribution >= 4 is 55.7 Å². The van der Waals surface area contributed by atoms with E-state index in [4.69, 9.17) is 30.5 Å². The molecule has 1 aliphatic rings. The number of methoxy groups -OCH3 is 3. The molecule has 1 amide bonds. The van der Waals surface area contributed by atoms with Gasteiger partial charge in [-0.25, -0.2) is 4.98 Å². The zero-order valence-corrected chi connectivity index (χ0v) is 24.3. The Morgan fingerprint density at radius 1 is 1.00 bits per heavy atom. The number of aliphatic hydroxyl groups is 1. The standard InChI is InChI=1S/C30H27ClN2O7S/c1-5-12-40-19-9-6-16(7-10-19)26(34)24-25(17-13-21(37-2)28(39-4)22(14-17)38-3)33(29(36)27(24)35)30-32-20-11-8-18(31)15-23(20)41-30/h6-11,13-15,25,34H,5,12H2,1-4H3/b26-24+. The average molecular weight is 595 g/mol. The molecule has 1 aliphatic heterocycles. The molecule has 9 nitrogen and oxygen atoms in total. The molecule has 2 heterocycles. The maximum Gasteiger partial charge on any atom is 0.301 e. The number of amides is 1. The molecule has 0 radical (unpaired) electrons. The number of carbonyl (C=O) groups is 2. The average Bonchev–Trinajstić information content (AvgIpc) is 3.52. The lowest BCUT2D eigenvalue weighted by molar-refractivity contribution is -0.132. The van der Waals surface area contributed by atoms with E-state index in [0.29, 0.717) is 51.3 Å². The van der Waals surface area contributed by atoms with E-state index in [-0.39, 0.29) is 16.5 Å². The fourth-order valence-corrected chi connectivity index (χ4v) is 5.95. The number of anilines is 1. The first kappa shape index (κ1) is 28.3.